The van der Waals surface area contributed by atoms with Crippen LogP contribution in [0.3, 0.4) is 0 Å². The van der Waals surface area contributed by atoms with Crippen LogP contribution in [0.2, 0.25) is 0 Å². The van der Waals surface area contributed by atoms with Gasteiger partial charge in [-0.2, -0.15) is 0 Å². The molecule has 0 unspecified atom stereocenters. The van der Waals surface area contributed by atoms with Crippen molar-refractivity contribution in [2.75, 3.05) is 19.7 Å². The monoisotopic (exact) mass is 390 g/mol. The van der Waals surface area contributed by atoms with E-state index in [0.717, 1.165) is 16.9 Å². The molecule has 0 aromatic heterocycles. The van der Waals surface area contributed by atoms with Crippen molar-refractivity contribution >= 4 is 15.9 Å². The first-order valence-corrected chi connectivity index (χ1v) is 10.4. The van der Waals surface area contributed by atoms with Crippen LogP contribution in [0.15, 0.2) is 53.4 Å². The van der Waals surface area contributed by atoms with Crippen molar-refractivity contribution in [1.29, 1.82) is 0 Å². The van der Waals surface area contributed by atoms with E-state index in [0.29, 0.717) is 19.4 Å². The number of hydrogen-bond acceptors (Lipinski definition) is 4. The zero-order valence-corrected chi connectivity index (χ0v) is 16.5. The highest BCUT2D eigenvalue weighted by molar-refractivity contribution is 7.89. The lowest BCUT2D eigenvalue weighted by atomic mass is 10.1. The summed E-state index contributed by atoms with van der Waals surface area (Å²) in [5, 5.41) is 2.71. The Balaban J connectivity index is 1.63. The SMILES string of the molecule is Cc1cccc(C)c1OCCCC(=O)NCCNS(=O)(=O)c1ccccc1. The van der Waals surface area contributed by atoms with Gasteiger partial charge < -0.3 is 10.1 Å². The van der Waals surface area contributed by atoms with Gasteiger partial charge in [-0.05, 0) is 43.5 Å². The minimum Gasteiger partial charge on any atom is -0.493 e. The molecule has 27 heavy (non-hydrogen) atoms. The zero-order valence-electron chi connectivity index (χ0n) is 15.7. The van der Waals surface area contributed by atoms with Gasteiger partial charge in [-0.15, -0.1) is 0 Å². The van der Waals surface area contributed by atoms with E-state index < -0.39 is 10.0 Å². The van der Waals surface area contributed by atoms with Crippen LogP contribution in [0, 0.1) is 13.8 Å². The van der Waals surface area contributed by atoms with Gasteiger partial charge in [-0.25, -0.2) is 13.1 Å². The molecule has 0 radical (unpaired) electrons. The van der Waals surface area contributed by atoms with Crippen molar-refractivity contribution < 1.29 is 17.9 Å². The van der Waals surface area contributed by atoms with Crippen LogP contribution >= 0.6 is 0 Å². The maximum atomic E-state index is 12.0. The van der Waals surface area contributed by atoms with Crippen molar-refractivity contribution in [1.82, 2.24) is 10.0 Å². The quantitative estimate of drug-likeness (QED) is 0.611. The maximum Gasteiger partial charge on any atom is 0.240 e. The molecule has 0 fully saturated rings. The van der Waals surface area contributed by atoms with E-state index in [4.69, 9.17) is 4.74 Å². The van der Waals surface area contributed by atoms with E-state index in [1.54, 1.807) is 18.2 Å². The Morgan fingerprint density at radius 2 is 1.63 bits per heavy atom. The van der Waals surface area contributed by atoms with Crippen molar-refractivity contribution in [2.45, 2.75) is 31.6 Å². The summed E-state index contributed by atoms with van der Waals surface area (Å²) in [6.07, 6.45) is 0.922. The number of amides is 1. The summed E-state index contributed by atoms with van der Waals surface area (Å²) in [7, 11) is -3.54. The smallest absolute Gasteiger partial charge is 0.240 e. The molecule has 0 saturated heterocycles. The molecule has 0 aliphatic rings. The number of aryl methyl sites for hydroxylation is 2. The number of benzene rings is 2. The fourth-order valence-electron chi connectivity index (χ4n) is 2.59. The lowest BCUT2D eigenvalue weighted by Crippen LogP contribution is -2.34. The second-order valence-electron chi connectivity index (χ2n) is 6.23. The summed E-state index contributed by atoms with van der Waals surface area (Å²) >= 11 is 0. The van der Waals surface area contributed by atoms with Gasteiger partial charge in [-0.1, -0.05) is 36.4 Å². The van der Waals surface area contributed by atoms with Crippen molar-refractivity contribution in [3.05, 3.63) is 59.7 Å². The summed E-state index contributed by atoms with van der Waals surface area (Å²) in [5.74, 6) is 0.743. The van der Waals surface area contributed by atoms with E-state index in [1.165, 1.54) is 12.1 Å². The average Bonchev–Trinajstić information content (AvgIpc) is 2.65. The van der Waals surface area contributed by atoms with E-state index in [2.05, 4.69) is 10.0 Å². The van der Waals surface area contributed by atoms with Gasteiger partial charge in [0.05, 0.1) is 11.5 Å². The van der Waals surface area contributed by atoms with E-state index in [-0.39, 0.29) is 23.9 Å². The van der Waals surface area contributed by atoms with Crippen LogP contribution in [-0.2, 0) is 14.8 Å². The van der Waals surface area contributed by atoms with Crippen LogP contribution in [0.5, 0.6) is 5.75 Å². The summed E-state index contributed by atoms with van der Waals surface area (Å²) in [5.41, 5.74) is 2.15. The number of ether oxygens (including phenoxy) is 1. The fourth-order valence-corrected chi connectivity index (χ4v) is 3.65. The zero-order chi connectivity index (χ0) is 19.7. The number of hydrogen-bond donors (Lipinski definition) is 2. The second-order valence-corrected chi connectivity index (χ2v) is 8.00. The molecule has 0 atom stereocenters. The van der Waals surface area contributed by atoms with Gasteiger partial charge in [0.2, 0.25) is 15.9 Å². The van der Waals surface area contributed by atoms with Crippen LogP contribution in [0.25, 0.3) is 0 Å². The molecule has 0 bridgehead atoms. The molecular weight excluding hydrogens is 364 g/mol. The van der Waals surface area contributed by atoms with Gasteiger partial charge in [0.15, 0.2) is 0 Å². The summed E-state index contributed by atoms with van der Waals surface area (Å²) in [4.78, 5) is 12.0. The van der Waals surface area contributed by atoms with Crippen LogP contribution in [-0.4, -0.2) is 34.0 Å². The van der Waals surface area contributed by atoms with E-state index in [1.807, 2.05) is 32.0 Å². The topological polar surface area (TPSA) is 84.5 Å². The first-order valence-electron chi connectivity index (χ1n) is 8.90. The number of nitrogens with one attached hydrogen (secondary N) is 2. The van der Waals surface area contributed by atoms with Crippen molar-refractivity contribution in [3.63, 3.8) is 0 Å². The summed E-state index contributed by atoms with van der Waals surface area (Å²) < 4.78 is 32.3. The molecule has 146 valence electrons. The Morgan fingerprint density at radius 1 is 0.963 bits per heavy atom. The number of carbonyl (C=O) groups is 1. The highest BCUT2D eigenvalue weighted by Crippen LogP contribution is 2.22. The highest BCUT2D eigenvalue weighted by atomic mass is 32.2. The van der Waals surface area contributed by atoms with Crippen molar-refractivity contribution in [2.24, 2.45) is 0 Å². The Labute approximate surface area is 161 Å². The van der Waals surface area contributed by atoms with Crippen molar-refractivity contribution in [3.8, 4) is 5.75 Å². The normalized spacial score (nSPS) is 11.2. The summed E-state index contributed by atoms with van der Waals surface area (Å²) in [6.45, 7) is 4.82. The number of para-hydroxylation sites is 1. The molecule has 0 spiro atoms. The predicted molar refractivity (Wildman–Crippen MR) is 105 cm³/mol. The number of carbonyl (C=O) groups excluding carboxylic acids is 1. The molecule has 7 heteroatoms. The summed E-state index contributed by atoms with van der Waals surface area (Å²) in [6, 6.07) is 14.1. The fraction of sp³-hybridized carbons (Fsp3) is 0.350. The molecule has 1 amide bonds. The number of sulfonamides is 1. The van der Waals surface area contributed by atoms with Gasteiger partial charge in [0.25, 0.3) is 0 Å². The third-order valence-corrected chi connectivity index (χ3v) is 5.47. The van der Waals surface area contributed by atoms with Gasteiger partial charge in [0, 0.05) is 19.5 Å². The predicted octanol–water partition coefficient (Wildman–Crippen LogP) is 2.56. The third kappa shape index (κ3) is 6.69. The standard InChI is InChI=1S/C20H26N2O4S/c1-16-8-6-9-17(2)20(16)26-15-7-12-19(23)21-13-14-22-27(24,25)18-10-4-3-5-11-18/h3-6,8-11,22H,7,12-15H2,1-2H3,(H,21,23). The Bertz CT molecular complexity index is 831. The largest absolute Gasteiger partial charge is 0.493 e. The Morgan fingerprint density at radius 3 is 2.30 bits per heavy atom. The lowest BCUT2D eigenvalue weighted by molar-refractivity contribution is -0.121. The van der Waals surface area contributed by atoms with Gasteiger partial charge in [-0.3, -0.25) is 4.79 Å². The molecule has 0 saturated carbocycles. The molecule has 2 aromatic carbocycles. The molecule has 0 aliphatic carbocycles. The minimum absolute atomic E-state index is 0.126. The molecule has 0 aliphatic heterocycles. The third-order valence-electron chi connectivity index (χ3n) is 4.00. The molecule has 2 N–H and O–H groups in total. The Hall–Kier alpha value is -2.38. The molecule has 6 nitrogen and oxygen atoms in total. The van der Waals surface area contributed by atoms with Gasteiger partial charge >= 0.3 is 0 Å². The number of rotatable bonds is 10. The van der Waals surface area contributed by atoms with Crippen LogP contribution < -0.4 is 14.8 Å². The van der Waals surface area contributed by atoms with Crippen LogP contribution in [0.4, 0.5) is 0 Å². The van der Waals surface area contributed by atoms with E-state index in [9.17, 15) is 13.2 Å². The van der Waals surface area contributed by atoms with Gasteiger partial charge in [0.1, 0.15) is 5.75 Å². The second kappa shape index (κ2) is 10.1. The highest BCUT2D eigenvalue weighted by Gasteiger charge is 2.12. The molecular formula is C20H26N2O4S. The molecule has 0 heterocycles. The first-order chi connectivity index (χ1) is 12.9. The maximum absolute atomic E-state index is 12.0. The van der Waals surface area contributed by atoms with Crippen LogP contribution in [0.1, 0.15) is 24.0 Å². The van der Waals surface area contributed by atoms with E-state index >= 15 is 0 Å². The lowest BCUT2D eigenvalue weighted by Gasteiger charge is -2.12. The first kappa shape index (κ1) is 20.9. The molecule has 2 rings (SSSR count). The molecule has 2 aromatic rings. The average molecular weight is 391 g/mol. The Kier molecular flexibility index (Phi) is 7.82. The minimum atomic E-state index is -3.54.